The first-order chi connectivity index (χ1) is 14.6. The van der Waals surface area contributed by atoms with Crippen LogP contribution in [0.4, 0.5) is 5.69 Å². The summed E-state index contributed by atoms with van der Waals surface area (Å²) >= 11 is 0. The lowest BCUT2D eigenvalue weighted by atomic mass is 10.2. The van der Waals surface area contributed by atoms with Crippen molar-refractivity contribution in [3.63, 3.8) is 0 Å². The van der Waals surface area contributed by atoms with E-state index >= 15 is 0 Å². The molecule has 0 unspecified atom stereocenters. The van der Waals surface area contributed by atoms with Crippen LogP contribution in [-0.4, -0.2) is 68.1 Å². The zero-order valence-electron chi connectivity index (χ0n) is 17.3. The Kier molecular flexibility index (Phi) is 6.18. The molecule has 30 heavy (non-hydrogen) atoms. The molecule has 0 aromatic heterocycles. The van der Waals surface area contributed by atoms with Crippen LogP contribution < -0.4 is 14.4 Å². The Morgan fingerprint density at radius 3 is 2.50 bits per heavy atom. The maximum absolute atomic E-state index is 12.9. The topological polar surface area (TPSA) is 62.3 Å². The number of methoxy groups -OCH3 is 1. The average molecular weight is 409 g/mol. The third kappa shape index (κ3) is 4.57. The second-order valence-corrected chi connectivity index (χ2v) is 7.55. The summed E-state index contributed by atoms with van der Waals surface area (Å²) < 4.78 is 10.9. The number of amides is 2. The number of hydrogen-bond acceptors (Lipinski definition) is 5. The fraction of sp³-hybridized carbons (Fsp3) is 0.391. The van der Waals surface area contributed by atoms with Crippen LogP contribution in [-0.2, 0) is 16.1 Å². The van der Waals surface area contributed by atoms with Gasteiger partial charge in [-0.15, -0.1) is 0 Å². The van der Waals surface area contributed by atoms with Gasteiger partial charge in [0, 0.05) is 32.7 Å². The van der Waals surface area contributed by atoms with Crippen molar-refractivity contribution in [3.8, 4) is 11.5 Å². The van der Waals surface area contributed by atoms with Crippen molar-refractivity contribution in [2.24, 2.45) is 0 Å². The van der Waals surface area contributed by atoms with Gasteiger partial charge in [-0.25, -0.2) is 0 Å². The minimum Gasteiger partial charge on any atom is -0.497 e. The standard InChI is InChI=1S/C23H27N3O4/c1-29-19-8-6-18(7-9-19)16-24-11-13-25(14-12-24)23(28)17-26-20-4-2-3-5-21(20)30-15-10-22(26)27/h2-9H,10-17H2,1H3. The number of anilines is 1. The van der Waals surface area contributed by atoms with Crippen LogP contribution in [0.2, 0.25) is 0 Å². The van der Waals surface area contributed by atoms with Crippen molar-refractivity contribution in [2.75, 3.05) is 51.3 Å². The van der Waals surface area contributed by atoms with Crippen molar-refractivity contribution in [3.05, 3.63) is 54.1 Å². The van der Waals surface area contributed by atoms with Gasteiger partial charge in [0.15, 0.2) is 0 Å². The molecule has 0 spiro atoms. The molecular weight excluding hydrogens is 382 g/mol. The summed E-state index contributed by atoms with van der Waals surface area (Å²) in [6.07, 6.45) is 0.275. The lowest BCUT2D eigenvalue weighted by Gasteiger charge is -2.35. The van der Waals surface area contributed by atoms with Gasteiger partial charge in [-0.3, -0.25) is 19.4 Å². The number of piperazine rings is 1. The van der Waals surface area contributed by atoms with Gasteiger partial charge in [0.2, 0.25) is 11.8 Å². The Labute approximate surface area is 176 Å². The van der Waals surface area contributed by atoms with Gasteiger partial charge in [0.05, 0.1) is 25.8 Å². The molecule has 2 aliphatic heterocycles. The molecule has 2 aromatic carbocycles. The van der Waals surface area contributed by atoms with E-state index in [0.717, 1.165) is 25.4 Å². The van der Waals surface area contributed by atoms with E-state index < -0.39 is 0 Å². The van der Waals surface area contributed by atoms with Crippen LogP contribution in [0.1, 0.15) is 12.0 Å². The van der Waals surface area contributed by atoms with E-state index in [0.29, 0.717) is 31.1 Å². The maximum Gasteiger partial charge on any atom is 0.242 e. The summed E-state index contributed by atoms with van der Waals surface area (Å²) in [4.78, 5) is 31.2. The molecule has 2 amide bonds. The molecule has 7 nitrogen and oxygen atoms in total. The summed E-state index contributed by atoms with van der Waals surface area (Å²) in [5, 5.41) is 0. The first-order valence-corrected chi connectivity index (χ1v) is 10.3. The highest BCUT2D eigenvalue weighted by atomic mass is 16.5. The van der Waals surface area contributed by atoms with E-state index in [-0.39, 0.29) is 24.8 Å². The largest absolute Gasteiger partial charge is 0.497 e. The van der Waals surface area contributed by atoms with Gasteiger partial charge in [0.1, 0.15) is 18.0 Å². The van der Waals surface area contributed by atoms with E-state index in [1.165, 1.54) is 5.56 Å². The zero-order valence-corrected chi connectivity index (χ0v) is 17.3. The Morgan fingerprint density at radius 2 is 1.77 bits per heavy atom. The summed E-state index contributed by atoms with van der Waals surface area (Å²) in [5.74, 6) is 1.40. The highest BCUT2D eigenvalue weighted by Gasteiger charge is 2.28. The SMILES string of the molecule is COc1ccc(CN2CCN(C(=O)CN3C(=O)CCOc4ccccc43)CC2)cc1. The van der Waals surface area contributed by atoms with Crippen LogP contribution in [0.15, 0.2) is 48.5 Å². The molecule has 2 aromatic rings. The summed E-state index contributed by atoms with van der Waals surface area (Å²) in [7, 11) is 1.66. The molecule has 0 N–H and O–H groups in total. The Hall–Kier alpha value is -3.06. The molecule has 1 saturated heterocycles. The van der Waals surface area contributed by atoms with Gasteiger partial charge in [-0.05, 0) is 29.8 Å². The normalized spacial score (nSPS) is 17.2. The number of carbonyl (C=O) groups excluding carboxylic acids is 2. The molecule has 0 radical (unpaired) electrons. The lowest BCUT2D eigenvalue weighted by Crippen LogP contribution is -2.51. The van der Waals surface area contributed by atoms with Crippen LogP contribution in [0, 0.1) is 0 Å². The molecule has 2 aliphatic rings. The molecule has 158 valence electrons. The van der Waals surface area contributed by atoms with Gasteiger partial charge in [-0.2, -0.15) is 0 Å². The van der Waals surface area contributed by atoms with Crippen LogP contribution in [0.3, 0.4) is 0 Å². The van der Waals surface area contributed by atoms with Gasteiger partial charge < -0.3 is 14.4 Å². The van der Waals surface area contributed by atoms with Gasteiger partial charge >= 0.3 is 0 Å². The predicted octanol–water partition coefficient (Wildman–Crippen LogP) is 2.16. The quantitative estimate of drug-likeness (QED) is 0.757. The molecule has 0 bridgehead atoms. The molecule has 0 aliphatic carbocycles. The Bertz CT molecular complexity index is 892. The van der Waals surface area contributed by atoms with Crippen molar-refractivity contribution >= 4 is 17.5 Å². The lowest BCUT2D eigenvalue weighted by molar-refractivity contribution is -0.133. The van der Waals surface area contributed by atoms with Gasteiger partial charge in [0.25, 0.3) is 0 Å². The first-order valence-electron chi connectivity index (χ1n) is 10.3. The molecule has 7 heteroatoms. The summed E-state index contributed by atoms with van der Waals surface area (Å²) in [6, 6.07) is 15.5. The minimum atomic E-state index is -0.0774. The fourth-order valence-electron chi connectivity index (χ4n) is 3.87. The van der Waals surface area contributed by atoms with Crippen LogP contribution in [0.5, 0.6) is 11.5 Å². The fourth-order valence-corrected chi connectivity index (χ4v) is 3.87. The predicted molar refractivity (Wildman–Crippen MR) is 114 cm³/mol. The van der Waals surface area contributed by atoms with Crippen molar-refractivity contribution in [2.45, 2.75) is 13.0 Å². The van der Waals surface area contributed by atoms with Crippen LogP contribution in [0.25, 0.3) is 0 Å². The number of carbonyl (C=O) groups is 2. The van der Waals surface area contributed by atoms with E-state index in [1.807, 2.05) is 41.3 Å². The summed E-state index contributed by atoms with van der Waals surface area (Å²) in [6.45, 7) is 4.19. The molecular formula is C23H27N3O4. The molecule has 0 saturated carbocycles. The highest BCUT2D eigenvalue weighted by molar-refractivity contribution is 6.00. The average Bonchev–Trinajstić information content (AvgIpc) is 2.93. The van der Waals surface area contributed by atoms with Crippen molar-refractivity contribution < 1.29 is 19.1 Å². The van der Waals surface area contributed by atoms with E-state index in [2.05, 4.69) is 17.0 Å². The van der Waals surface area contributed by atoms with E-state index in [1.54, 1.807) is 12.0 Å². The monoisotopic (exact) mass is 409 g/mol. The summed E-state index contributed by atoms with van der Waals surface area (Å²) in [5.41, 5.74) is 1.90. The van der Waals surface area contributed by atoms with E-state index in [4.69, 9.17) is 9.47 Å². The van der Waals surface area contributed by atoms with Crippen LogP contribution >= 0.6 is 0 Å². The first kappa shape index (κ1) is 20.2. The highest BCUT2D eigenvalue weighted by Crippen LogP contribution is 2.31. The van der Waals surface area contributed by atoms with Gasteiger partial charge in [-0.1, -0.05) is 24.3 Å². The minimum absolute atomic E-state index is 0.0239. The third-order valence-electron chi connectivity index (χ3n) is 5.61. The van der Waals surface area contributed by atoms with Crippen molar-refractivity contribution in [1.29, 1.82) is 0 Å². The number of para-hydroxylation sites is 2. The van der Waals surface area contributed by atoms with Crippen molar-refractivity contribution in [1.82, 2.24) is 9.80 Å². The number of hydrogen-bond donors (Lipinski definition) is 0. The van der Waals surface area contributed by atoms with E-state index in [9.17, 15) is 9.59 Å². The number of nitrogens with zero attached hydrogens (tertiary/aromatic N) is 3. The number of ether oxygens (including phenoxy) is 2. The molecule has 0 atom stereocenters. The third-order valence-corrected chi connectivity index (χ3v) is 5.61. The Morgan fingerprint density at radius 1 is 1.03 bits per heavy atom. The molecule has 2 heterocycles. The smallest absolute Gasteiger partial charge is 0.242 e. The second-order valence-electron chi connectivity index (χ2n) is 7.55. The molecule has 4 rings (SSSR count). The number of benzene rings is 2. The zero-order chi connectivity index (χ0) is 20.9. The Balaban J connectivity index is 1.33. The maximum atomic E-state index is 12.9. The number of fused-ring (bicyclic) bond motifs is 1. The second kappa shape index (κ2) is 9.17. The molecule has 1 fully saturated rings. The number of rotatable bonds is 5.